The van der Waals surface area contributed by atoms with Crippen molar-refractivity contribution in [1.29, 1.82) is 0 Å². The number of esters is 1. The van der Waals surface area contributed by atoms with Gasteiger partial charge in [0.2, 0.25) is 0 Å². The molecule has 0 N–H and O–H groups in total. The highest BCUT2D eigenvalue weighted by Gasteiger charge is 2.42. The first kappa shape index (κ1) is 10.4. The predicted octanol–water partition coefficient (Wildman–Crippen LogP) is 1.19. The molecule has 0 saturated carbocycles. The van der Waals surface area contributed by atoms with Crippen molar-refractivity contribution in [3.05, 3.63) is 35.9 Å². The second-order valence-electron chi connectivity index (χ2n) is 3.40. The Labute approximate surface area is 91.6 Å². The topological polar surface area (TPSA) is 63.7 Å². The lowest BCUT2D eigenvalue weighted by atomic mass is 10.2. The summed E-state index contributed by atoms with van der Waals surface area (Å²) >= 11 is 0. The molecule has 1 atom stereocenters. The van der Waals surface area contributed by atoms with Crippen molar-refractivity contribution in [2.24, 2.45) is 0 Å². The molecule has 2 amide bonds. The number of hydrogen-bond donors (Lipinski definition) is 0. The van der Waals surface area contributed by atoms with Crippen LogP contribution in [0.25, 0.3) is 0 Å². The second-order valence-corrected chi connectivity index (χ2v) is 3.40. The quantitative estimate of drug-likeness (QED) is 0.525. The smallest absolute Gasteiger partial charge is 0.374 e. The summed E-state index contributed by atoms with van der Waals surface area (Å²) in [6, 6.07) is 7.41. The molecule has 0 bridgehead atoms. The van der Waals surface area contributed by atoms with Crippen molar-refractivity contribution in [3.8, 4) is 0 Å². The highest BCUT2D eigenvalue weighted by atomic mass is 16.6. The minimum Gasteiger partial charge on any atom is -0.374 e. The van der Waals surface area contributed by atoms with Gasteiger partial charge in [-0.15, -0.1) is 0 Å². The van der Waals surface area contributed by atoms with E-state index in [-0.39, 0.29) is 0 Å². The molecule has 1 fully saturated rings. The van der Waals surface area contributed by atoms with Gasteiger partial charge < -0.3 is 4.74 Å². The van der Waals surface area contributed by atoms with Crippen molar-refractivity contribution in [1.82, 2.24) is 4.90 Å². The number of ether oxygens (including phenoxy) is 1. The molecule has 1 aromatic carbocycles. The molecule has 82 valence electrons. The summed E-state index contributed by atoms with van der Waals surface area (Å²) in [7, 11) is 0. The minimum absolute atomic E-state index is 0.348. The van der Waals surface area contributed by atoms with Gasteiger partial charge in [-0.25, -0.2) is 14.5 Å². The van der Waals surface area contributed by atoms with Crippen molar-refractivity contribution in [2.45, 2.75) is 13.0 Å². The van der Waals surface area contributed by atoms with Crippen LogP contribution >= 0.6 is 0 Å². The Bertz CT molecular complexity index is 454. The second kappa shape index (κ2) is 3.77. The van der Waals surface area contributed by atoms with E-state index in [9.17, 15) is 14.4 Å². The molecule has 1 heterocycles. The van der Waals surface area contributed by atoms with Gasteiger partial charge >= 0.3 is 12.1 Å². The van der Waals surface area contributed by atoms with E-state index < -0.39 is 24.0 Å². The molecule has 5 nitrogen and oxygen atoms in total. The number of rotatable bonds is 1. The Balaban J connectivity index is 2.30. The van der Waals surface area contributed by atoms with Gasteiger partial charge in [-0.2, -0.15) is 0 Å². The van der Waals surface area contributed by atoms with E-state index in [0.29, 0.717) is 5.56 Å². The first-order valence-corrected chi connectivity index (χ1v) is 4.75. The molecular formula is C11H9NO4. The number of imide groups is 1. The van der Waals surface area contributed by atoms with Crippen molar-refractivity contribution < 1.29 is 19.1 Å². The number of cyclic esters (lactones) is 2. The Morgan fingerprint density at radius 2 is 1.88 bits per heavy atom. The predicted molar refractivity (Wildman–Crippen MR) is 53.6 cm³/mol. The van der Waals surface area contributed by atoms with E-state index >= 15 is 0 Å². The standard InChI is InChI=1S/C11H9NO4/c1-7-10(14)16-11(15)12(7)9(13)8-5-3-2-4-6-8/h2-7H,1H3. The maximum atomic E-state index is 11.9. The van der Waals surface area contributed by atoms with Gasteiger partial charge in [0, 0.05) is 5.56 Å². The summed E-state index contributed by atoms with van der Waals surface area (Å²) in [4.78, 5) is 35.1. The molecule has 1 saturated heterocycles. The number of carbonyl (C=O) groups is 3. The SMILES string of the molecule is CC1C(=O)OC(=O)N1C(=O)c1ccccc1. The van der Waals surface area contributed by atoms with Crippen LogP contribution in [0, 0.1) is 0 Å². The highest BCUT2D eigenvalue weighted by molar-refractivity contribution is 6.10. The zero-order valence-corrected chi connectivity index (χ0v) is 8.54. The zero-order chi connectivity index (χ0) is 11.7. The van der Waals surface area contributed by atoms with E-state index in [2.05, 4.69) is 4.74 Å². The Morgan fingerprint density at radius 3 is 2.38 bits per heavy atom. The molecule has 1 aliphatic heterocycles. The van der Waals surface area contributed by atoms with Gasteiger partial charge in [0.05, 0.1) is 0 Å². The Kier molecular flexibility index (Phi) is 2.44. The third kappa shape index (κ3) is 1.56. The molecule has 0 spiro atoms. The lowest BCUT2D eigenvalue weighted by Gasteiger charge is -2.14. The molecule has 1 aromatic rings. The number of amides is 2. The number of nitrogens with zero attached hydrogens (tertiary/aromatic N) is 1. The molecule has 0 aromatic heterocycles. The van der Waals surface area contributed by atoms with Gasteiger partial charge in [-0.05, 0) is 19.1 Å². The van der Waals surface area contributed by atoms with Gasteiger partial charge in [0.25, 0.3) is 5.91 Å². The zero-order valence-electron chi connectivity index (χ0n) is 8.54. The average molecular weight is 219 g/mol. The lowest BCUT2D eigenvalue weighted by molar-refractivity contribution is -0.135. The molecule has 2 rings (SSSR count). The molecule has 5 heteroatoms. The summed E-state index contributed by atoms with van der Waals surface area (Å²) in [6.07, 6.45) is -0.911. The minimum atomic E-state index is -0.911. The summed E-state index contributed by atoms with van der Waals surface area (Å²) in [5.74, 6) is -1.22. The fourth-order valence-electron chi connectivity index (χ4n) is 1.46. The van der Waals surface area contributed by atoms with Crippen molar-refractivity contribution in [3.63, 3.8) is 0 Å². The third-order valence-electron chi connectivity index (χ3n) is 2.35. The van der Waals surface area contributed by atoms with Gasteiger partial charge in [0.15, 0.2) is 0 Å². The highest BCUT2D eigenvalue weighted by Crippen LogP contribution is 2.17. The first-order chi connectivity index (χ1) is 7.61. The molecule has 0 radical (unpaired) electrons. The summed E-state index contributed by atoms with van der Waals surface area (Å²) in [5, 5.41) is 0. The largest absolute Gasteiger partial charge is 0.425 e. The molecule has 16 heavy (non-hydrogen) atoms. The van der Waals surface area contributed by atoms with Crippen molar-refractivity contribution in [2.75, 3.05) is 0 Å². The van der Waals surface area contributed by atoms with E-state index in [1.807, 2.05) is 0 Å². The maximum Gasteiger partial charge on any atom is 0.425 e. The Morgan fingerprint density at radius 1 is 1.25 bits per heavy atom. The first-order valence-electron chi connectivity index (χ1n) is 4.75. The van der Waals surface area contributed by atoms with Gasteiger partial charge in [-0.3, -0.25) is 4.79 Å². The summed E-state index contributed by atoms with van der Waals surface area (Å²) in [6.45, 7) is 1.45. The summed E-state index contributed by atoms with van der Waals surface area (Å²) < 4.78 is 4.36. The van der Waals surface area contributed by atoms with E-state index in [0.717, 1.165) is 4.90 Å². The number of hydrogen-bond acceptors (Lipinski definition) is 4. The third-order valence-corrected chi connectivity index (χ3v) is 2.35. The van der Waals surface area contributed by atoms with Crippen LogP contribution in [0.1, 0.15) is 17.3 Å². The Hall–Kier alpha value is -2.17. The normalized spacial score (nSPS) is 19.8. The number of benzene rings is 1. The molecular weight excluding hydrogens is 210 g/mol. The molecule has 1 unspecified atom stereocenters. The number of carbonyl (C=O) groups excluding carboxylic acids is 3. The van der Waals surface area contributed by atoms with Crippen LogP contribution in [0.5, 0.6) is 0 Å². The lowest BCUT2D eigenvalue weighted by Crippen LogP contribution is -2.38. The van der Waals surface area contributed by atoms with Crippen LogP contribution in [0.15, 0.2) is 30.3 Å². The van der Waals surface area contributed by atoms with Crippen LogP contribution in [-0.4, -0.2) is 28.9 Å². The molecule has 1 aliphatic rings. The summed E-state index contributed by atoms with van der Waals surface area (Å²) in [5.41, 5.74) is 0.348. The fraction of sp³-hybridized carbons (Fsp3) is 0.182. The van der Waals surface area contributed by atoms with E-state index in [1.54, 1.807) is 30.3 Å². The average Bonchev–Trinajstić information content (AvgIpc) is 2.54. The van der Waals surface area contributed by atoms with Crippen molar-refractivity contribution >= 4 is 18.0 Å². The van der Waals surface area contributed by atoms with Crippen LogP contribution in [-0.2, 0) is 9.53 Å². The van der Waals surface area contributed by atoms with E-state index in [1.165, 1.54) is 6.92 Å². The van der Waals surface area contributed by atoms with Gasteiger partial charge in [0.1, 0.15) is 6.04 Å². The van der Waals surface area contributed by atoms with Crippen LogP contribution < -0.4 is 0 Å². The van der Waals surface area contributed by atoms with Crippen LogP contribution in [0.4, 0.5) is 4.79 Å². The van der Waals surface area contributed by atoms with E-state index in [4.69, 9.17) is 0 Å². The maximum absolute atomic E-state index is 11.9. The molecule has 0 aliphatic carbocycles. The fourth-order valence-corrected chi connectivity index (χ4v) is 1.46. The van der Waals surface area contributed by atoms with Crippen LogP contribution in [0.2, 0.25) is 0 Å². The monoisotopic (exact) mass is 219 g/mol. The van der Waals surface area contributed by atoms with Gasteiger partial charge in [-0.1, -0.05) is 18.2 Å². The van der Waals surface area contributed by atoms with Crippen LogP contribution in [0.3, 0.4) is 0 Å².